The summed E-state index contributed by atoms with van der Waals surface area (Å²) in [5.41, 5.74) is 1.13. The van der Waals surface area contributed by atoms with Crippen LogP contribution in [0.5, 0.6) is 0 Å². The molecule has 2 rings (SSSR count). The molecule has 2 heterocycles. The highest BCUT2D eigenvalue weighted by Crippen LogP contribution is 2.12. The Balaban J connectivity index is 1.98. The van der Waals surface area contributed by atoms with Gasteiger partial charge in [0.1, 0.15) is 12.2 Å². The van der Waals surface area contributed by atoms with Crippen molar-refractivity contribution in [2.75, 3.05) is 19.0 Å². The fraction of sp³-hybridized carbons (Fsp3) is 0.545. The quantitative estimate of drug-likeness (QED) is 0.805. The molecule has 98 valence electrons. The van der Waals surface area contributed by atoms with Crippen molar-refractivity contribution in [2.24, 2.45) is 7.05 Å². The van der Waals surface area contributed by atoms with Gasteiger partial charge in [0.05, 0.1) is 17.9 Å². The highest BCUT2D eigenvalue weighted by molar-refractivity contribution is 5.30. The van der Waals surface area contributed by atoms with E-state index in [9.17, 15) is 0 Å². The van der Waals surface area contributed by atoms with E-state index in [1.807, 2.05) is 39.2 Å². The molecule has 0 aliphatic heterocycles. The molecule has 2 aromatic heterocycles. The second-order valence-corrected chi connectivity index (χ2v) is 4.48. The molecule has 0 amide bonds. The molecule has 0 aliphatic carbocycles. The van der Waals surface area contributed by atoms with Crippen molar-refractivity contribution in [1.29, 1.82) is 0 Å². The maximum absolute atomic E-state index is 4.37. The number of nitrogens with one attached hydrogen (secondary N) is 2. The standard InChI is InChI=1S/C11H19N7/c1-8(10-14-7-15-16-10)12-5-9-6-13-11(17(2)3)18(9)4/h6-8,12H,5H2,1-4H3,(H,14,15,16). The number of H-pyrrole nitrogens is 1. The third kappa shape index (κ3) is 2.51. The predicted molar refractivity (Wildman–Crippen MR) is 69.2 cm³/mol. The number of aromatic nitrogens is 5. The predicted octanol–water partition coefficient (Wildman–Crippen LogP) is 0.455. The summed E-state index contributed by atoms with van der Waals surface area (Å²) in [4.78, 5) is 10.5. The fourth-order valence-electron chi connectivity index (χ4n) is 1.79. The van der Waals surface area contributed by atoms with E-state index in [1.165, 1.54) is 6.33 Å². The average molecular weight is 249 g/mol. The molecule has 2 N–H and O–H groups in total. The van der Waals surface area contributed by atoms with Crippen LogP contribution in [0.15, 0.2) is 12.5 Å². The largest absolute Gasteiger partial charge is 0.348 e. The van der Waals surface area contributed by atoms with Crippen LogP contribution in [-0.4, -0.2) is 38.8 Å². The lowest BCUT2D eigenvalue weighted by Gasteiger charge is -2.14. The van der Waals surface area contributed by atoms with E-state index in [2.05, 4.69) is 30.0 Å². The Hall–Kier alpha value is -1.89. The van der Waals surface area contributed by atoms with Gasteiger partial charge >= 0.3 is 0 Å². The molecule has 0 saturated carbocycles. The van der Waals surface area contributed by atoms with Crippen LogP contribution in [-0.2, 0) is 13.6 Å². The van der Waals surface area contributed by atoms with Gasteiger partial charge in [-0.15, -0.1) is 0 Å². The first-order valence-electron chi connectivity index (χ1n) is 5.86. The Morgan fingerprint density at radius 3 is 2.78 bits per heavy atom. The Kier molecular flexibility index (Phi) is 3.61. The molecule has 0 spiro atoms. The molecule has 0 aliphatic rings. The van der Waals surface area contributed by atoms with Crippen LogP contribution in [0.4, 0.5) is 5.95 Å². The Morgan fingerprint density at radius 2 is 2.22 bits per heavy atom. The van der Waals surface area contributed by atoms with Gasteiger partial charge in [-0.2, -0.15) is 5.10 Å². The normalized spacial score (nSPS) is 12.7. The zero-order valence-corrected chi connectivity index (χ0v) is 11.2. The van der Waals surface area contributed by atoms with Crippen molar-refractivity contribution in [3.05, 3.63) is 24.0 Å². The monoisotopic (exact) mass is 249 g/mol. The first-order chi connectivity index (χ1) is 8.59. The van der Waals surface area contributed by atoms with Crippen LogP contribution in [0.3, 0.4) is 0 Å². The summed E-state index contributed by atoms with van der Waals surface area (Å²) < 4.78 is 2.07. The van der Waals surface area contributed by atoms with Crippen molar-refractivity contribution < 1.29 is 0 Å². The van der Waals surface area contributed by atoms with Gasteiger partial charge in [0.15, 0.2) is 0 Å². The maximum atomic E-state index is 4.37. The van der Waals surface area contributed by atoms with Crippen LogP contribution in [0.2, 0.25) is 0 Å². The molecular weight excluding hydrogens is 230 g/mol. The Morgan fingerprint density at radius 1 is 1.44 bits per heavy atom. The minimum atomic E-state index is 0.130. The number of imidazole rings is 1. The average Bonchev–Trinajstić information content (AvgIpc) is 2.95. The van der Waals surface area contributed by atoms with Gasteiger partial charge in [0.2, 0.25) is 5.95 Å². The number of anilines is 1. The summed E-state index contributed by atoms with van der Waals surface area (Å²) >= 11 is 0. The summed E-state index contributed by atoms with van der Waals surface area (Å²) in [6.07, 6.45) is 3.40. The van der Waals surface area contributed by atoms with Gasteiger partial charge in [-0.3, -0.25) is 5.10 Å². The van der Waals surface area contributed by atoms with Crippen LogP contribution in [0.25, 0.3) is 0 Å². The van der Waals surface area contributed by atoms with E-state index in [0.717, 1.165) is 24.0 Å². The second-order valence-electron chi connectivity index (χ2n) is 4.48. The van der Waals surface area contributed by atoms with Gasteiger partial charge < -0.3 is 14.8 Å². The molecule has 1 unspecified atom stereocenters. The number of aromatic amines is 1. The highest BCUT2D eigenvalue weighted by Gasteiger charge is 2.11. The molecule has 2 aromatic rings. The van der Waals surface area contributed by atoms with E-state index in [0.29, 0.717) is 0 Å². The first-order valence-corrected chi connectivity index (χ1v) is 5.86. The highest BCUT2D eigenvalue weighted by atomic mass is 15.3. The molecule has 0 aromatic carbocycles. The van der Waals surface area contributed by atoms with Crippen LogP contribution in [0.1, 0.15) is 24.5 Å². The molecular formula is C11H19N7. The van der Waals surface area contributed by atoms with Crippen molar-refractivity contribution in [2.45, 2.75) is 19.5 Å². The molecule has 7 nitrogen and oxygen atoms in total. The van der Waals surface area contributed by atoms with Crippen molar-refractivity contribution in [1.82, 2.24) is 30.0 Å². The topological polar surface area (TPSA) is 74.7 Å². The molecule has 1 atom stereocenters. The van der Waals surface area contributed by atoms with Crippen LogP contribution in [0, 0.1) is 0 Å². The van der Waals surface area contributed by atoms with Crippen LogP contribution >= 0.6 is 0 Å². The van der Waals surface area contributed by atoms with E-state index >= 15 is 0 Å². The molecule has 18 heavy (non-hydrogen) atoms. The maximum Gasteiger partial charge on any atom is 0.204 e. The van der Waals surface area contributed by atoms with Gasteiger partial charge in [-0.1, -0.05) is 0 Å². The Bertz CT molecular complexity index is 485. The van der Waals surface area contributed by atoms with E-state index in [-0.39, 0.29) is 6.04 Å². The fourth-order valence-corrected chi connectivity index (χ4v) is 1.79. The summed E-state index contributed by atoms with van der Waals surface area (Å²) in [5.74, 6) is 1.78. The van der Waals surface area contributed by atoms with Crippen molar-refractivity contribution >= 4 is 5.95 Å². The minimum Gasteiger partial charge on any atom is -0.348 e. The molecule has 0 saturated heterocycles. The Labute approximate surface area is 106 Å². The smallest absolute Gasteiger partial charge is 0.204 e. The number of rotatable bonds is 5. The lowest BCUT2D eigenvalue weighted by molar-refractivity contribution is 0.534. The minimum absolute atomic E-state index is 0.130. The van der Waals surface area contributed by atoms with Gasteiger partial charge in [-0.25, -0.2) is 9.97 Å². The summed E-state index contributed by atoms with van der Waals surface area (Å²) in [7, 11) is 5.98. The molecule has 0 fully saturated rings. The first kappa shape index (κ1) is 12.6. The second kappa shape index (κ2) is 5.18. The molecule has 0 bridgehead atoms. The van der Waals surface area contributed by atoms with Gasteiger partial charge in [-0.05, 0) is 6.92 Å². The zero-order chi connectivity index (χ0) is 13.1. The number of hydrogen-bond acceptors (Lipinski definition) is 5. The number of nitrogens with zero attached hydrogens (tertiary/aromatic N) is 5. The van der Waals surface area contributed by atoms with Crippen molar-refractivity contribution in [3.8, 4) is 0 Å². The third-order valence-electron chi connectivity index (χ3n) is 2.89. The zero-order valence-electron chi connectivity index (χ0n) is 11.2. The van der Waals surface area contributed by atoms with E-state index in [1.54, 1.807) is 0 Å². The van der Waals surface area contributed by atoms with Gasteiger partial charge in [0.25, 0.3) is 0 Å². The summed E-state index contributed by atoms with van der Waals surface area (Å²) in [6.45, 7) is 2.78. The van der Waals surface area contributed by atoms with Gasteiger partial charge in [0, 0.05) is 27.7 Å². The summed E-state index contributed by atoms with van der Waals surface area (Å²) in [6, 6.07) is 0.130. The van der Waals surface area contributed by atoms with E-state index < -0.39 is 0 Å². The third-order valence-corrected chi connectivity index (χ3v) is 2.89. The van der Waals surface area contributed by atoms with Crippen molar-refractivity contribution in [3.63, 3.8) is 0 Å². The summed E-state index contributed by atoms with van der Waals surface area (Å²) in [5, 5.41) is 10.1. The molecule has 0 radical (unpaired) electrons. The lowest BCUT2D eigenvalue weighted by atomic mass is 10.3. The molecule has 7 heteroatoms. The van der Waals surface area contributed by atoms with Crippen LogP contribution < -0.4 is 10.2 Å². The lowest BCUT2D eigenvalue weighted by Crippen LogP contribution is -2.21. The van der Waals surface area contributed by atoms with E-state index in [4.69, 9.17) is 0 Å². The number of hydrogen-bond donors (Lipinski definition) is 2. The SMILES string of the molecule is CC(NCc1cnc(N(C)C)n1C)c1ncn[nH]1.